The molecule has 5 heteroatoms. The molecule has 0 saturated heterocycles. The van der Waals surface area contributed by atoms with Crippen molar-refractivity contribution < 1.29 is 9.53 Å². The Morgan fingerprint density at radius 1 is 1.16 bits per heavy atom. The van der Waals surface area contributed by atoms with Crippen molar-refractivity contribution in [3.8, 4) is 5.75 Å². The van der Waals surface area contributed by atoms with E-state index in [2.05, 4.69) is 48.0 Å². The van der Waals surface area contributed by atoms with Gasteiger partial charge in [-0.1, -0.05) is 23.2 Å². The second kappa shape index (κ2) is 7.62. The molecule has 0 spiro atoms. The first-order valence-electron chi connectivity index (χ1n) is 8.30. The van der Waals surface area contributed by atoms with Crippen LogP contribution in [0.3, 0.4) is 0 Å². The number of ether oxygens (including phenoxy) is 1. The summed E-state index contributed by atoms with van der Waals surface area (Å²) >= 11 is 5.83. The summed E-state index contributed by atoms with van der Waals surface area (Å²) in [7, 11) is 0. The Morgan fingerprint density at radius 3 is 2.64 bits per heavy atom. The van der Waals surface area contributed by atoms with E-state index in [0.29, 0.717) is 17.3 Å². The Balaban J connectivity index is 1.61. The molecular weight excluding hydrogens is 336 g/mol. The largest absolute Gasteiger partial charge is 0.484 e. The molecule has 25 heavy (non-hydrogen) atoms. The first-order valence-corrected chi connectivity index (χ1v) is 8.68. The Morgan fingerprint density at radius 2 is 1.92 bits per heavy atom. The molecule has 1 amide bonds. The van der Waals surface area contributed by atoms with Crippen molar-refractivity contribution in [3.05, 3.63) is 64.8 Å². The van der Waals surface area contributed by atoms with Crippen molar-refractivity contribution in [1.82, 2.24) is 9.88 Å². The molecule has 3 rings (SSSR count). The van der Waals surface area contributed by atoms with E-state index in [1.165, 1.54) is 16.5 Å². The standard InChI is InChI=1S/C20H21ClN2O2/c1-3-23-17(11-15-10-14(2)4-9-19(15)23)12-22-20(24)13-25-18-7-5-16(21)6-8-18/h4-11H,3,12-13H2,1-2H3,(H,22,24). The molecule has 0 aliphatic heterocycles. The SMILES string of the molecule is CCn1c(CNC(=O)COc2ccc(Cl)cc2)cc2cc(C)ccc21. The molecule has 3 aromatic rings. The normalized spacial score (nSPS) is 10.8. The summed E-state index contributed by atoms with van der Waals surface area (Å²) < 4.78 is 7.68. The van der Waals surface area contributed by atoms with E-state index in [0.717, 1.165) is 12.2 Å². The number of nitrogens with zero attached hydrogens (tertiary/aromatic N) is 1. The number of aryl methyl sites for hydroxylation is 2. The number of hydrogen-bond donors (Lipinski definition) is 1. The van der Waals surface area contributed by atoms with Crippen LogP contribution in [0.1, 0.15) is 18.2 Å². The van der Waals surface area contributed by atoms with Crippen molar-refractivity contribution >= 4 is 28.4 Å². The van der Waals surface area contributed by atoms with Crippen LogP contribution in [0.25, 0.3) is 10.9 Å². The lowest BCUT2D eigenvalue weighted by atomic mass is 10.2. The van der Waals surface area contributed by atoms with Crippen molar-refractivity contribution in [2.24, 2.45) is 0 Å². The summed E-state index contributed by atoms with van der Waals surface area (Å²) in [5.74, 6) is 0.469. The van der Waals surface area contributed by atoms with Gasteiger partial charge in [-0.05, 0) is 56.3 Å². The third-order valence-electron chi connectivity index (χ3n) is 4.11. The van der Waals surface area contributed by atoms with Gasteiger partial charge in [-0.3, -0.25) is 4.79 Å². The number of carbonyl (C=O) groups is 1. The van der Waals surface area contributed by atoms with Crippen LogP contribution in [0.2, 0.25) is 5.02 Å². The summed E-state index contributed by atoms with van der Waals surface area (Å²) in [4.78, 5) is 12.1. The minimum Gasteiger partial charge on any atom is -0.484 e. The number of amides is 1. The number of rotatable bonds is 6. The average molecular weight is 357 g/mol. The van der Waals surface area contributed by atoms with Gasteiger partial charge in [0.1, 0.15) is 5.75 Å². The molecule has 130 valence electrons. The van der Waals surface area contributed by atoms with Gasteiger partial charge < -0.3 is 14.6 Å². The van der Waals surface area contributed by atoms with Crippen LogP contribution in [-0.2, 0) is 17.9 Å². The maximum Gasteiger partial charge on any atom is 0.258 e. The third-order valence-corrected chi connectivity index (χ3v) is 4.36. The van der Waals surface area contributed by atoms with Crippen molar-refractivity contribution in [2.45, 2.75) is 26.9 Å². The molecule has 0 saturated carbocycles. The van der Waals surface area contributed by atoms with Crippen LogP contribution in [0.4, 0.5) is 0 Å². The lowest BCUT2D eigenvalue weighted by molar-refractivity contribution is -0.123. The zero-order valence-electron chi connectivity index (χ0n) is 14.4. The quantitative estimate of drug-likeness (QED) is 0.714. The van der Waals surface area contributed by atoms with Gasteiger partial charge in [0, 0.05) is 28.2 Å². The van der Waals surface area contributed by atoms with E-state index in [9.17, 15) is 4.79 Å². The molecule has 0 bridgehead atoms. The number of halogens is 1. The van der Waals surface area contributed by atoms with Crippen molar-refractivity contribution in [3.63, 3.8) is 0 Å². The van der Waals surface area contributed by atoms with Crippen LogP contribution >= 0.6 is 11.6 Å². The highest BCUT2D eigenvalue weighted by Gasteiger charge is 2.09. The molecule has 1 N–H and O–H groups in total. The van der Waals surface area contributed by atoms with Crippen LogP contribution in [0.15, 0.2) is 48.5 Å². The summed E-state index contributed by atoms with van der Waals surface area (Å²) in [6.07, 6.45) is 0. The van der Waals surface area contributed by atoms with E-state index >= 15 is 0 Å². The molecule has 0 fully saturated rings. The zero-order valence-corrected chi connectivity index (χ0v) is 15.1. The highest BCUT2D eigenvalue weighted by Crippen LogP contribution is 2.21. The fourth-order valence-corrected chi connectivity index (χ4v) is 3.01. The van der Waals surface area contributed by atoms with E-state index in [1.807, 2.05) is 0 Å². The first kappa shape index (κ1) is 17.4. The third kappa shape index (κ3) is 4.15. The topological polar surface area (TPSA) is 43.3 Å². The highest BCUT2D eigenvalue weighted by atomic mass is 35.5. The van der Waals surface area contributed by atoms with Crippen LogP contribution in [0.5, 0.6) is 5.75 Å². The second-order valence-electron chi connectivity index (χ2n) is 5.96. The molecule has 0 radical (unpaired) electrons. The summed E-state index contributed by atoms with van der Waals surface area (Å²) in [5, 5.41) is 4.76. The van der Waals surface area contributed by atoms with Gasteiger partial charge in [0.15, 0.2) is 6.61 Å². The minimum absolute atomic E-state index is 0.0207. The fraction of sp³-hybridized carbons (Fsp3) is 0.250. The van der Waals surface area contributed by atoms with E-state index in [-0.39, 0.29) is 12.5 Å². The molecule has 1 heterocycles. The van der Waals surface area contributed by atoms with Gasteiger partial charge in [-0.25, -0.2) is 0 Å². The molecule has 0 unspecified atom stereocenters. The fourth-order valence-electron chi connectivity index (χ4n) is 2.89. The minimum atomic E-state index is -0.154. The van der Waals surface area contributed by atoms with E-state index < -0.39 is 0 Å². The molecule has 4 nitrogen and oxygen atoms in total. The van der Waals surface area contributed by atoms with Gasteiger partial charge in [0.05, 0.1) is 6.54 Å². The smallest absolute Gasteiger partial charge is 0.258 e. The monoisotopic (exact) mass is 356 g/mol. The molecule has 0 aliphatic rings. The Hall–Kier alpha value is -2.46. The summed E-state index contributed by atoms with van der Waals surface area (Å²) in [5.41, 5.74) is 3.51. The predicted molar refractivity (Wildman–Crippen MR) is 101 cm³/mol. The number of benzene rings is 2. The molecule has 0 atom stereocenters. The average Bonchev–Trinajstić information content (AvgIpc) is 2.95. The number of nitrogens with one attached hydrogen (secondary N) is 1. The highest BCUT2D eigenvalue weighted by molar-refractivity contribution is 6.30. The maximum absolute atomic E-state index is 12.1. The maximum atomic E-state index is 12.1. The molecule has 1 aromatic heterocycles. The van der Waals surface area contributed by atoms with Gasteiger partial charge in [-0.15, -0.1) is 0 Å². The number of hydrogen-bond acceptors (Lipinski definition) is 2. The van der Waals surface area contributed by atoms with Crippen LogP contribution in [0, 0.1) is 6.92 Å². The first-order chi connectivity index (χ1) is 12.1. The second-order valence-corrected chi connectivity index (χ2v) is 6.40. The molecule has 2 aromatic carbocycles. The van der Waals surface area contributed by atoms with Gasteiger partial charge in [0.25, 0.3) is 5.91 Å². The predicted octanol–water partition coefficient (Wildman–Crippen LogP) is 4.32. The Kier molecular flexibility index (Phi) is 5.29. The van der Waals surface area contributed by atoms with Crippen molar-refractivity contribution in [2.75, 3.05) is 6.61 Å². The van der Waals surface area contributed by atoms with Gasteiger partial charge in [0.2, 0.25) is 0 Å². The van der Waals surface area contributed by atoms with Crippen LogP contribution in [-0.4, -0.2) is 17.1 Å². The Labute approximate surface area is 152 Å². The number of fused-ring (bicyclic) bond motifs is 1. The lowest BCUT2D eigenvalue weighted by Gasteiger charge is -2.10. The van der Waals surface area contributed by atoms with Crippen LogP contribution < -0.4 is 10.1 Å². The number of aromatic nitrogens is 1. The zero-order chi connectivity index (χ0) is 17.8. The summed E-state index contributed by atoms with van der Waals surface area (Å²) in [6, 6.07) is 15.5. The number of carbonyl (C=O) groups excluding carboxylic acids is 1. The lowest BCUT2D eigenvalue weighted by Crippen LogP contribution is -2.29. The Bertz CT molecular complexity index is 885. The molecule has 0 aliphatic carbocycles. The van der Waals surface area contributed by atoms with Gasteiger partial charge >= 0.3 is 0 Å². The molecular formula is C20H21ClN2O2. The van der Waals surface area contributed by atoms with Crippen molar-refractivity contribution in [1.29, 1.82) is 0 Å². The summed E-state index contributed by atoms with van der Waals surface area (Å²) in [6.45, 7) is 5.50. The van der Waals surface area contributed by atoms with E-state index in [4.69, 9.17) is 16.3 Å². The van der Waals surface area contributed by atoms with Gasteiger partial charge in [-0.2, -0.15) is 0 Å². The van der Waals surface area contributed by atoms with E-state index in [1.54, 1.807) is 24.3 Å².